The normalized spacial score (nSPS) is 13.8. The van der Waals surface area contributed by atoms with E-state index in [0.717, 1.165) is 31.4 Å². The number of nitrogen functional groups attached to an aromatic ring is 1. The summed E-state index contributed by atoms with van der Waals surface area (Å²) in [6, 6.07) is 11.5. The van der Waals surface area contributed by atoms with Gasteiger partial charge in [0.1, 0.15) is 29.0 Å². The Bertz CT molecular complexity index is 1470. The maximum absolute atomic E-state index is 14.1. The van der Waals surface area contributed by atoms with Gasteiger partial charge in [0, 0.05) is 35.3 Å². The summed E-state index contributed by atoms with van der Waals surface area (Å²) in [6.07, 6.45) is 2.89. The van der Waals surface area contributed by atoms with Crippen molar-refractivity contribution in [3.05, 3.63) is 65.5 Å². The number of benzene rings is 3. The fourth-order valence-corrected chi connectivity index (χ4v) is 4.45. The molecule has 0 spiro atoms. The molecule has 1 aliphatic heterocycles. The van der Waals surface area contributed by atoms with Gasteiger partial charge in [-0.3, -0.25) is 10.2 Å². The number of phenols is 2. The Hall–Kier alpha value is -4.40. The molecule has 1 aromatic heterocycles. The first-order chi connectivity index (χ1) is 16.8. The lowest BCUT2D eigenvalue weighted by Crippen LogP contribution is -2.35. The number of nitrogens with one attached hydrogen (secondary N) is 2. The molecule has 0 aliphatic carbocycles. The lowest BCUT2D eigenvalue weighted by atomic mass is 9.96. The molecular weight excluding hydrogens is 449 g/mol. The number of aromatic hydroxyl groups is 2. The van der Waals surface area contributed by atoms with Gasteiger partial charge in [-0.05, 0) is 67.8 Å². The topological polar surface area (TPSA) is 139 Å². The Morgan fingerprint density at radius 3 is 2.46 bits per heavy atom. The van der Waals surface area contributed by atoms with Crippen molar-refractivity contribution in [1.29, 1.82) is 5.41 Å². The fraction of sp³-hybridized carbons (Fsp3) is 0.192. The molecule has 4 aromatic rings. The largest absolute Gasteiger partial charge is 0.507 e. The molecule has 6 N–H and O–H groups in total. The minimum atomic E-state index is -0.591. The van der Waals surface area contributed by atoms with Crippen LogP contribution in [0.4, 0.5) is 4.39 Å². The fourth-order valence-electron chi connectivity index (χ4n) is 4.45. The quantitative estimate of drug-likeness (QED) is 0.221. The van der Waals surface area contributed by atoms with Crippen LogP contribution in [-0.2, 0) is 0 Å². The summed E-state index contributed by atoms with van der Waals surface area (Å²) < 4.78 is 14.1. The van der Waals surface area contributed by atoms with Crippen molar-refractivity contribution in [2.24, 2.45) is 5.73 Å². The summed E-state index contributed by atoms with van der Waals surface area (Å²) in [5, 5.41) is 29.3. The van der Waals surface area contributed by atoms with E-state index in [4.69, 9.17) is 11.1 Å². The van der Waals surface area contributed by atoms with E-state index in [1.165, 1.54) is 12.1 Å². The summed E-state index contributed by atoms with van der Waals surface area (Å²) in [5.74, 6) is -1.10. The molecule has 1 amide bonds. The van der Waals surface area contributed by atoms with E-state index in [2.05, 4.69) is 9.97 Å². The van der Waals surface area contributed by atoms with Gasteiger partial charge in [-0.1, -0.05) is 0 Å². The van der Waals surface area contributed by atoms with E-state index < -0.39 is 5.82 Å². The first kappa shape index (κ1) is 22.4. The summed E-state index contributed by atoms with van der Waals surface area (Å²) in [4.78, 5) is 22.8. The smallest absolute Gasteiger partial charge is 0.253 e. The van der Waals surface area contributed by atoms with Crippen LogP contribution in [0.1, 0.15) is 35.2 Å². The van der Waals surface area contributed by atoms with Crippen molar-refractivity contribution in [1.82, 2.24) is 14.9 Å². The standard InChI is InChI=1S/C26H24FN5O3/c27-16-5-7-22(33)17(13-16)18-10-15(26(35)32-8-2-1-3-9-32)11-19(23(18)34)25-30-20-6-4-14(24(28)29)12-21(20)31-25/h4-7,10-13,33-34H,1-3,8-9H2,(H3,28,29)(H,30,31). The number of nitrogens with zero attached hydrogens (tertiary/aromatic N) is 2. The summed E-state index contributed by atoms with van der Waals surface area (Å²) >= 11 is 0. The minimum Gasteiger partial charge on any atom is -0.507 e. The Kier molecular flexibility index (Phi) is 5.60. The zero-order valence-electron chi connectivity index (χ0n) is 18.8. The molecule has 0 atom stereocenters. The monoisotopic (exact) mass is 473 g/mol. The summed E-state index contributed by atoms with van der Waals surface area (Å²) in [6.45, 7) is 1.27. The number of carbonyl (C=O) groups excluding carboxylic acids is 1. The predicted molar refractivity (Wildman–Crippen MR) is 131 cm³/mol. The number of carbonyl (C=O) groups is 1. The number of hydrogen-bond acceptors (Lipinski definition) is 5. The van der Waals surface area contributed by atoms with Crippen molar-refractivity contribution in [3.63, 3.8) is 0 Å². The van der Waals surface area contributed by atoms with Gasteiger partial charge in [-0.15, -0.1) is 0 Å². The highest BCUT2D eigenvalue weighted by Crippen LogP contribution is 2.42. The van der Waals surface area contributed by atoms with Gasteiger partial charge >= 0.3 is 0 Å². The van der Waals surface area contributed by atoms with Gasteiger partial charge in [0.25, 0.3) is 5.91 Å². The molecule has 9 heteroatoms. The van der Waals surface area contributed by atoms with Crippen LogP contribution in [0.2, 0.25) is 0 Å². The maximum Gasteiger partial charge on any atom is 0.253 e. The number of rotatable bonds is 4. The number of amides is 1. The number of likely N-dealkylation sites (tertiary alicyclic amines) is 1. The Balaban J connectivity index is 1.70. The van der Waals surface area contributed by atoms with Crippen LogP contribution in [0, 0.1) is 11.2 Å². The molecule has 5 rings (SSSR count). The van der Waals surface area contributed by atoms with E-state index >= 15 is 0 Å². The molecule has 0 bridgehead atoms. The zero-order chi connectivity index (χ0) is 24.7. The van der Waals surface area contributed by atoms with Crippen molar-refractivity contribution in [2.75, 3.05) is 13.1 Å². The van der Waals surface area contributed by atoms with E-state index in [9.17, 15) is 19.4 Å². The lowest BCUT2D eigenvalue weighted by molar-refractivity contribution is 0.0724. The second kappa shape index (κ2) is 8.75. The van der Waals surface area contributed by atoms with Gasteiger partial charge in [0.05, 0.1) is 16.6 Å². The first-order valence-corrected chi connectivity index (χ1v) is 11.3. The van der Waals surface area contributed by atoms with E-state index in [1.54, 1.807) is 29.2 Å². The Labute approximate surface area is 200 Å². The van der Waals surface area contributed by atoms with Crippen LogP contribution in [-0.4, -0.2) is 49.9 Å². The van der Waals surface area contributed by atoms with Crippen LogP contribution in [0.3, 0.4) is 0 Å². The Morgan fingerprint density at radius 1 is 0.971 bits per heavy atom. The molecular formula is C26H24FN5O3. The number of imidazole rings is 1. The molecule has 35 heavy (non-hydrogen) atoms. The van der Waals surface area contributed by atoms with Crippen molar-refractivity contribution < 1.29 is 19.4 Å². The molecule has 178 valence electrons. The van der Waals surface area contributed by atoms with Gasteiger partial charge in [-0.2, -0.15) is 0 Å². The Morgan fingerprint density at radius 2 is 1.71 bits per heavy atom. The highest BCUT2D eigenvalue weighted by atomic mass is 19.1. The predicted octanol–water partition coefficient (Wildman–Crippen LogP) is 4.36. The van der Waals surface area contributed by atoms with Gasteiger partial charge in [0.2, 0.25) is 0 Å². The molecule has 1 fully saturated rings. The number of nitrogens with two attached hydrogens (primary N) is 1. The average Bonchev–Trinajstić information content (AvgIpc) is 3.29. The number of phenolic OH excluding ortho intramolecular Hbond substituents is 2. The first-order valence-electron chi connectivity index (χ1n) is 11.3. The molecule has 2 heterocycles. The zero-order valence-corrected chi connectivity index (χ0v) is 18.8. The number of amidine groups is 1. The van der Waals surface area contributed by atoms with Crippen LogP contribution < -0.4 is 5.73 Å². The maximum atomic E-state index is 14.1. The number of aromatic amines is 1. The highest BCUT2D eigenvalue weighted by Gasteiger charge is 2.24. The second-order valence-electron chi connectivity index (χ2n) is 8.67. The van der Waals surface area contributed by atoms with Crippen LogP contribution >= 0.6 is 0 Å². The van der Waals surface area contributed by atoms with E-state index in [1.807, 2.05) is 0 Å². The van der Waals surface area contributed by atoms with Crippen molar-refractivity contribution >= 4 is 22.8 Å². The highest BCUT2D eigenvalue weighted by molar-refractivity contribution is 6.00. The number of H-pyrrole nitrogens is 1. The number of aromatic nitrogens is 2. The average molecular weight is 474 g/mol. The summed E-state index contributed by atoms with van der Waals surface area (Å²) in [7, 11) is 0. The number of halogens is 1. The molecule has 3 aromatic carbocycles. The number of piperidine rings is 1. The molecule has 1 saturated heterocycles. The van der Waals surface area contributed by atoms with Crippen molar-refractivity contribution in [2.45, 2.75) is 19.3 Å². The third-order valence-electron chi connectivity index (χ3n) is 6.30. The van der Waals surface area contributed by atoms with Gasteiger partial charge in [0.15, 0.2) is 0 Å². The third kappa shape index (κ3) is 4.16. The number of hydrogen-bond donors (Lipinski definition) is 5. The van der Waals surface area contributed by atoms with Crippen LogP contribution in [0.15, 0.2) is 48.5 Å². The second-order valence-corrected chi connectivity index (χ2v) is 8.67. The van der Waals surface area contributed by atoms with Gasteiger partial charge in [-0.25, -0.2) is 9.37 Å². The van der Waals surface area contributed by atoms with Gasteiger partial charge < -0.3 is 25.8 Å². The third-order valence-corrected chi connectivity index (χ3v) is 6.30. The van der Waals surface area contributed by atoms with Crippen LogP contribution in [0.5, 0.6) is 11.5 Å². The molecule has 8 nitrogen and oxygen atoms in total. The van der Waals surface area contributed by atoms with Crippen LogP contribution in [0.25, 0.3) is 33.5 Å². The lowest BCUT2D eigenvalue weighted by Gasteiger charge is -2.27. The molecule has 0 unspecified atom stereocenters. The molecule has 1 aliphatic rings. The van der Waals surface area contributed by atoms with Crippen molar-refractivity contribution in [3.8, 4) is 34.0 Å². The minimum absolute atomic E-state index is 0.0621. The SMILES string of the molecule is N=C(N)c1ccc2nc(-c3cc(C(=O)N4CCCCC4)cc(-c4cc(F)ccc4O)c3O)[nH]c2c1. The molecule has 0 saturated carbocycles. The molecule has 0 radical (unpaired) electrons. The summed E-state index contributed by atoms with van der Waals surface area (Å²) in [5.41, 5.74) is 7.97. The number of fused-ring (bicyclic) bond motifs is 1. The van der Waals surface area contributed by atoms with E-state index in [-0.39, 0.29) is 45.8 Å². The van der Waals surface area contributed by atoms with E-state index in [0.29, 0.717) is 35.2 Å².